The molecule has 10 heteroatoms. The number of nitrogens with zero attached hydrogens (tertiary/aromatic N) is 1. The van der Waals surface area contributed by atoms with Gasteiger partial charge in [0.2, 0.25) is 5.91 Å². The number of piperidine rings is 1. The van der Waals surface area contributed by atoms with Gasteiger partial charge in [-0.2, -0.15) is 13.2 Å². The minimum Gasteiger partial charge on any atom is -0.484 e. The molecule has 182 valence electrons. The number of hydrogen-bond acceptors (Lipinski definition) is 4. The number of carbonyl (C=O) groups is 3. The molecule has 2 N–H and O–H groups in total. The van der Waals surface area contributed by atoms with E-state index in [1.54, 1.807) is 6.07 Å². The highest BCUT2D eigenvalue weighted by molar-refractivity contribution is 5.94. The van der Waals surface area contributed by atoms with Gasteiger partial charge in [0.15, 0.2) is 6.61 Å². The summed E-state index contributed by atoms with van der Waals surface area (Å²) < 4.78 is 43.5. The highest BCUT2D eigenvalue weighted by Crippen LogP contribution is 2.29. The zero-order valence-electron chi connectivity index (χ0n) is 18.9. The number of carbonyl (C=O) groups excluding carboxylic acids is 3. The van der Waals surface area contributed by atoms with Crippen LogP contribution in [0.15, 0.2) is 42.5 Å². The van der Waals surface area contributed by atoms with E-state index in [-0.39, 0.29) is 37.1 Å². The Bertz CT molecular complexity index is 1050. The maximum atomic E-state index is 12.7. The maximum Gasteiger partial charge on any atom is 0.416 e. The van der Waals surface area contributed by atoms with Crippen molar-refractivity contribution in [2.75, 3.05) is 19.7 Å². The summed E-state index contributed by atoms with van der Waals surface area (Å²) in [4.78, 5) is 38.4. The number of rotatable bonds is 5. The minimum atomic E-state index is -4.46. The van der Waals surface area contributed by atoms with E-state index in [0.29, 0.717) is 18.6 Å². The van der Waals surface area contributed by atoms with Crippen LogP contribution in [0.1, 0.15) is 39.9 Å². The Morgan fingerprint density at radius 3 is 2.21 bits per heavy atom. The lowest BCUT2D eigenvalue weighted by Gasteiger charge is -2.31. The molecule has 2 aromatic carbocycles. The van der Waals surface area contributed by atoms with E-state index >= 15 is 0 Å². The fourth-order valence-corrected chi connectivity index (χ4v) is 3.55. The average molecular weight is 477 g/mol. The fraction of sp³-hybridized carbons (Fsp3) is 0.375. The Morgan fingerprint density at radius 2 is 1.62 bits per heavy atom. The lowest BCUT2D eigenvalue weighted by atomic mass is 9.95. The zero-order valence-corrected chi connectivity index (χ0v) is 18.9. The fourth-order valence-electron chi connectivity index (χ4n) is 3.55. The van der Waals surface area contributed by atoms with Crippen molar-refractivity contribution >= 4 is 17.7 Å². The van der Waals surface area contributed by atoms with Gasteiger partial charge in [0, 0.05) is 24.6 Å². The Hall–Kier alpha value is -3.56. The third-order valence-corrected chi connectivity index (χ3v) is 5.79. The standard InChI is InChI=1S/C24H26F3N3O4/c1-15-3-8-20(13-16(15)2)34-14-21(31)28-29-22(32)17-9-11-30(12-10-17)23(33)18-4-6-19(7-5-18)24(25,26)27/h3-8,13,17H,9-12,14H2,1-2H3,(H,28,31)(H,29,32). The number of hydrazine groups is 1. The summed E-state index contributed by atoms with van der Waals surface area (Å²) in [6.07, 6.45) is -3.73. The molecule has 2 aromatic rings. The number of hydrogen-bond donors (Lipinski definition) is 2. The molecule has 3 rings (SSSR count). The van der Waals surface area contributed by atoms with Gasteiger partial charge in [-0.05, 0) is 74.2 Å². The number of nitrogens with one attached hydrogen (secondary N) is 2. The van der Waals surface area contributed by atoms with Crippen molar-refractivity contribution in [1.29, 1.82) is 0 Å². The molecule has 1 saturated heterocycles. The monoisotopic (exact) mass is 477 g/mol. The first-order valence-corrected chi connectivity index (χ1v) is 10.8. The molecule has 0 unspecified atom stereocenters. The van der Waals surface area contributed by atoms with Gasteiger partial charge < -0.3 is 9.64 Å². The number of benzene rings is 2. The van der Waals surface area contributed by atoms with Crippen LogP contribution in [-0.4, -0.2) is 42.3 Å². The summed E-state index contributed by atoms with van der Waals surface area (Å²) in [5.41, 5.74) is 6.18. The third-order valence-electron chi connectivity index (χ3n) is 5.79. The molecule has 0 bridgehead atoms. The topological polar surface area (TPSA) is 87.7 Å². The molecule has 3 amide bonds. The van der Waals surface area contributed by atoms with Crippen molar-refractivity contribution in [2.45, 2.75) is 32.9 Å². The van der Waals surface area contributed by atoms with Crippen LogP contribution >= 0.6 is 0 Å². The molecule has 7 nitrogen and oxygen atoms in total. The van der Waals surface area contributed by atoms with Crippen molar-refractivity contribution < 1.29 is 32.3 Å². The lowest BCUT2D eigenvalue weighted by Crippen LogP contribution is -2.49. The lowest BCUT2D eigenvalue weighted by molar-refractivity contribution is -0.137. The van der Waals surface area contributed by atoms with E-state index in [0.717, 1.165) is 35.4 Å². The molecule has 0 saturated carbocycles. The van der Waals surface area contributed by atoms with E-state index in [4.69, 9.17) is 4.74 Å². The SMILES string of the molecule is Cc1ccc(OCC(=O)NNC(=O)C2CCN(C(=O)c3ccc(C(F)(F)F)cc3)CC2)cc1C. The summed E-state index contributed by atoms with van der Waals surface area (Å²) in [5, 5.41) is 0. The van der Waals surface area contributed by atoms with E-state index in [2.05, 4.69) is 10.9 Å². The maximum absolute atomic E-state index is 12.7. The number of likely N-dealkylation sites (tertiary alicyclic amines) is 1. The second-order valence-corrected chi connectivity index (χ2v) is 8.21. The van der Waals surface area contributed by atoms with Crippen LogP contribution in [-0.2, 0) is 15.8 Å². The van der Waals surface area contributed by atoms with Gasteiger partial charge >= 0.3 is 6.18 Å². The molecule has 0 atom stereocenters. The second kappa shape index (κ2) is 10.6. The Kier molecular flexibility index (Phi) is 7.80. The number of halogens is 3. The van der Waals surface area contributed by atoms with Gasteiger partial charge in [-0.25, -0.2) is 0 Å². The first kappa shape index (κ1) is 25.1. The predicted octanol–water partition coefficient (Wildman–Crippen LogP) is 3.40. The molecule has 1 aliphatic heterocycles. The molecule has 0 aromatic heterocycles. The summed E-state index contributed by atoms with van der Waals surface area (Å²) in [6.45, 7) is 4.20. The third kappa shape index (κ3) is 6.49. The van der Waals surface area contributed by atoms with Crippen LogP contribution in [0.25, 0.3) is 0 Å². The molecule has 0 spiro atoms. The minimum absolute atomic E-state index is 0.159. The zero-order chi connectivity index (χ0) is 24.9. The molecule has 1 fully saturated rings. The van der Waals surface area contributed by atoms with Gasteiger partial charge in [0.1, 0.15) is 5.75 Å². The Labute approximate surface area is 195 Å². The van der Waals surface area contributed by atoms with E-state index < -0.39 is 23.6 Å². The van der Waals surface area contributed by atoms with Gasteiger partial charge in [-0.1, -0.05) is 6.07 Å². The summed E-state index contributed by atoms with van der Waals surface area (Å²) >= 11 is 0. The quantitative estimate of drug-likeness (QED) is 0.647. The molecule has 0 aliphatic carbocycles. The number of aryl methyl sites for hydroxylation is 2. The van der Waals surface area contributed by atoms with Crippen LogP contribution in [0, 0.1) is 19.8 Å². The van der Waals surface area contributed by atoms with Crippen LogP contribution < -0.4 is 15.6 Å². The first-order valence-electron chi connectivity index (χ1n) is 10.8. The molecule has 1 heterocycles. The van der Waals surface area contributed by atoms with Gasteiger partial charge in [0.25, 0.3) is 11.8 Å². The van der Waals surface area contributed by atoms with Crippen LogP contribution in [0.4, 0.5) is 13.2 Å². The van der Waals surface area contributed by atoms with Crippen molar-refractivity contribution in [2.24, 2.45) is 5.92 Å². The number of ether oxygens (including phenoxy) is 1. The first-order chi connectivity index (χ1) is 16.0. The molecular weight excluding hydrogens is 451 g/mol. The van der Waals surface area contributed by atoms with E-state index in [1.165, 1.54) is 4.90 Å². The Balaban J connectivity index is 1.41. The molecule has 0 radical (unpaired) electrons. The van der Waals surface area contributed by atoms with Gasteiger partial charge in [-0.15, -0.1) is 0 Å². The second-order valence-electron chi connectivity index (χ2n) is 8.21. The summed E-state index contributed by atoms with van der Waals surface area (Å²) in [7, 11) is 0. The van der Waals surface area contributed by atoms with Gasteiger partial charge in [-0.3, -0.25) is 25.2 Å². The predicted molar refractivity (Wildman–Crippen MR) is 118 cm³/mol. The highest BCUT2D eigenvalue weighted by atomic mass is 19.4. The number of amides is 3. The largest absolute Gasteiger partial charge is 0.484 e. The van der Waals surface area contributed by atoms with E-state index in [9.17, 15) is 27.6 Å². The van der Waals surface area contributed by atoms with Crippen molar-refractivity contribution in [1.82, 2.24) is 15.8 Å². The normalized spacial score (nSPS) is 14.4. The van der Waals surface area contributed by atoms with Crippen molar-refractivity contribution in [3.05, 3.63) is 64.7 Å². The van der Waals surface area contributed by atoms with Crippen molar-refractivity contribution in [3.63, 3.8) is 0 Å². The molecular formula is C24H26F3N3O4. The summed E-state index contributed by atoms with van der Waals surface area (Å²) in [5.74, 6) is -1.13. The number of alkyl halides is 3. The van der Waals surface area contributed by atoms with Crippen molar-refractivity contribution in [3.8, 4) is 5.75 Å². The summed E-state index contributed by atoms with van der Waals surface area (Å²) in [6, 6.07) is 9.52. The van der Waals surface area contributed by atoms with Crippen LogP contribution in [0.5, 0.6) is 5.75 Å². The smallest absolute Gasteiger partial charge is 0.416 e. The van der Waals surface area contributed by atoms with Crippen LogP contribution in [0.3, 0.4) is 0 Å². The highest BCUT2D eigenvalue weighted by Gasteiger charge is 2.31. The molecule has 34 heavy (non-hydrogen) atoms. The van der Waals surface area contributed by atoms with Crippen LogP contribution in [0.2, 0.25) is 0 Å². The van der Waals surface area contributed by atoms with Gasteiger partial charge in [0.05, 0.1) is 5.56 Å². The average Bonchev–Trinajstić information content (AvgIpc) is 2.82. The molecule has 1 aliphatic rings. The Morgan fingerprint density at radius 1 is 0.971 bits per heavy atom. The van der Waals surface area contributed by atoms with E-state index in [1.807, 2.05) is 26.0 Å².